The van der Waals surface area contributed by atoms with Crippen LogP contribution in [0.2, 0.25) is 0 Å². The van der Waals surface area contributed by atoms with E-state index in [1.165, 1.54) is 5.56 Å². The topological polar surface area (TPSA) is 30.5 Å². The Morgan fingerprint density at radius 1 is 0.957 bits per heavy atom. The second-order valence-electron chi connectivity index (χ2n) is 5.99. The van der Waals surface area contributed by atoms with Crippen molar-refractivity contribution in [3.05, 3.63) is 54.1 Å². The summed E-state index contributed by atoms with van der Waals surface area (Å²) in [4.78, 5) is 0. The molecule has 124 valence electrons. The summed E-state index contributed by atoms with van der Waals surface area (Å²) in [6.45, 7) is 8.64. The molecule has 0 bridgehead atoms. The summed E-state index contributed by atoms with van der Waals surface area (Å²) in [7, 11) is 0. The zero-order valence-corrected chi connectivity index (χ0v) is 14.3. The Bertz CT molecular complexity index is 578. The van der Waals surface area contributed by atoms with Gasteiger partial charge in [-0.05, 0) is 61.2 Å². The first-order valence-electron chi connectivity index (χ1n) is 8.36. The van der Waals surface area contributed by atoms with Gasteiger partial charge < -0.3 is 14.8 Å². The molecule has 0 aromatic heterocycles. The maximum atomic E-state index is 5.73. The number of ether oxygens (including phenoxy) is 2. The Morgan fingerprint density at radius 3 is 2.43 bits per heavy atom. The molecule has 0 heterocycles. The Kier molecular flexibility index (Phi) is 6.79. The van der Waals surface area contributed by atoms with Crippen LogP contribution in [-0.2, 0) is 6.54 Å². The van der Waals surface area contributed by atoms with Crippen molar-refractivity contribution >= 4 is 5.69 Å². The minimum atomic E-state index is 0.670. The Morgan fingerprint density at radius 2 is 1.74 bits per heavy atom. The van der Waals surface area contributed by atoms with Gasteiger partial charge >= 0.3 is 0 Å². The van der Waals surface area contributed by atoms with E-state index in [0.717, 1.165) is 36.8 Å². The number of hydrogen-bond donors (Lipinski definition) is 1. The summed E-state index contributed by atoms with van der Waals surface area (Å²) < 4.78 is 11.3. The lowest BCUT2D eigenvalue weighted by Gasteiger charge is -2.11. The third kappa shape index (κ3) is 6.23. The van der Waals surface area contributed by atoms with E-state index < -0.39 is 0 Å². The van der Waals surface area contributed by atoms with E-state index in [9.17, 15) is 0 Å². The van der Waals surface area contributed by atoms with Crippen LogP contribution in [0.15, 0.2) is 48.5 Å². The first-order valence-corrected chi connectivity index (χ1v) is 8.36. The molecule has 0 aliphatic rings. The van der Waals surface area contributed by atoms with Gasteiger partial charge in [0.25, 0.3) is 0 Å². The second-order valence-corrected chi connectivity index (χ2v) is 5.99. The largest absolute Gasteiger partial charge is 0.494 e. The molecule has 0 aliphatic heterocycles. The van der Waals surface area contributed by atoms with Gasteiger partial charge in [0.1, 0.15) is 11.5 Å². The molecule has 2 rings (SSSR count). The van der Waals surface area contributed by atoms with Crippen molar-refractivity contribution in [2.75, 3.05) is 18.5 Å². The average molecular weight is 313 g/mol. The van der Waals surface area contributed by atoms with Crippen LogP contribution in [0, 0.1) is 5.92 Å². The molecule has 3 heteroatoms. The first-order chi connectivity index (χ1) is 11.2. The molecule has 0 radical (unpaired) electrons. The van der Waals surface area contributed by atoms with Gasteiger partial charge in [0.2, 0.25) is 0 Å². The molecule has 0 amide bonds. The highest BCUT2D eigenvalue weighted by Crippen LogP contribution is 2.18. The van der Waals surface area contributed by atoms with E-state index in [2.05, 4.69) is 43.4 Å². The zero-order chi connectivity index (χ0) is 16.5. The van der Waals surface area contributed by atoms with Gasteiger partial charge in [0.15, 0.2) is 0 Å². The van der Waals surface area contributed by atoms with Crippen molar-refractivity contribution in [3.63, 3.8) is 0 Å². The van der Waals surface area contributed by atoms with Crippen molar-refractivity contribution in [3.8, 4) is 11.5 Å². The van der Waals surface area contributed by atoms with Gasteiger partial charge in [-0.1, -0.05) is 26.0 Å². The van der Waals surface area contributed by atoms with E-state index >= 15 is 0 Å². The van der Waals surface area contributed by atoms with Gasteiger partial charge in [0.05, 0.1) is 13.2 Å². The lowest BCUT2D eigenvalue weighted by Crippen LogP contribution is -2.02. The average Bonchev–Trinajstić information content (AvgIpc) is 2.54. The summed E-state index contributed by atoms with van der Waals surface area (Å²) >= 11 is 0. The predicted octanol–water partition coefficient (Wildman–Crippen LogP) is 5.12. The predicted molar refractivity (Wildman–Crippen MR) is 96.3 cm³/mol. The summed E-state index contributed by atoms with van der Waals surface area (Å²) in [5.41, 5.74) is 2.29. The molecular formula is C20H27NO2. The quantitative estimate of drug-likeness (QED) is 0.697. The van der Waals surface area contributed by atoms with E-state index in [4.69, 9.17) is 9.47 Å². The van der Waals surface area contributed by atoms with Crippen LogP contribution in [0.25, 0.3) is 0 Å². The fourth-order valence-corrected chi connectivity index (χ4v) is 2.20. The monoisotopic (exact) mass is 313 g/mol. The Labute approximate surface area is 139 Å². The summed E-state index contributed by atoms with van der Waals surface area (Å²) in [6.07, 6.45) is 1.08. The molecule has 0 saturated carbocycles. The van der Waals surface area contributed by atoms with Gasteiger partial charge in [-0.15, -0.1) is 0 Å². The van der Waals surface area contributed by atoms with E-state index in [-0.39, 0.29) is 0 Å². The van der Waals surface area contributed by atoms with Crippen LogP contribution >= 0.6 is 0 Å². The molecule has 0 unspecified atom stereocenters. The minimum Gasteiger partial charge on any atom is -0.494 e. The maximum Gasteiger partial charge on any atom is 0.119 e. The Hall–Kier alpha value is -2.16. The third-order valence-corrected chi connectivity index (χ3v) is 3.52. The number of benzene rings is 2. The van der Waals surface area contributed by atoms with Crippen LogP contribution < -0.4 is 14.8 Å². The number of hydrogen-bond acceptors (Lipinski definition) is 3. The number of nitrogens with one attached hydrogen (secondary N) is 1. The first kappa shape index (κ1) is 17.2. The summed E-state index contributed by atoms with van der Waals surface area (Å²) in [5, 5.41) is 3.42. The molecule has 2 aromatic carbocycles. The van der Waals surface area contributed by atoms with Crippen LogP contribution in [0.5, 0.6) is 11.5 Å². The fraction of sp³-hybridized carbons (Fsp3) is 0.400. The summed E-state index contributed by atoms with van der Waals surface area (Å²) in [5.74, 6) is 2.51. The molecule has 0 aliphatic carbocycles. The van der Waals surface area contributed by atoms with E-state index in [0.29, 0.717) is 12.5 Å². The fourth-order valence-electron chi connectivity index (χ4n) is 2.20. The molecule has 0 spiro atoms. The minimum absolute atomic E-state index is 0.670. The second kappa shape index (κ2) is 9.09. The van der Waals surface area contributed by atoms with E-state index in [1.54, 1.807) is 0 Å². The van der Waals surface area contributed by atoms with Crippen LogP contribution in [0.3, 0.4) is 0 Å². The van der Waals surface area contributed by atoms with Gasteiger partial charge in [-0.25, -0.2) is 0 Å². The molecule has 0 atom stereocenters. The highest BCUT2D eigenvalue weighted by molar-refractivity contribution is 5.47. The van der Waals surface area contributed by atoms with Crippen LogP contribution in [-0.4, -0.2) is 13.2 Å². The smallest absolute Gasteiger partial charge is 0.119 e. The lowest BCUT2D eigenvalue weighted by molar-refractivity contribution is 0.289. The van der Waals surface area contributed by atoms with Gasteiger partial charge in [-0.3, -0.25) is 0 Å². The highest BCUT2D eigenvalue weighted by Gasteiger charge is 1.99. The molecule has 3 nitrogen and oxygen atoms in total. The molecule has 0 saturated heterocycles. The van der Waals surface area contributed by atoms with Crippen LogP contribution in [0.1, 0.15) is 32.8 Å². The van der Waals surface area contributed by atoms with Crippen molar-refractivity contribution in [1.82, 2.24) is 0 Å². The number of anilines is 1. The van der Waals surface area contributed by atoms with Crippen molar-refractivity contribution in [1.29, 1.82) is 0 Å². The standard InChI is InChI=1S/C20H27NO2/c1-4-22-20-7-5-6-17(14-20)15-21-18-8-10-19(11-9-18)23-13-12-16(2)3/h5-11,14,16,21H,4,12-13,15H2,1-3H3. The number of rotatable bonds is 9. The van der Waals surface area contributed by atoms with Crippen LogP contribution in [0.4, 0.5) is 5.69 Å². The van der Waals surface area contributed by atoms with E-state index in [1.807, 2.05) is 31.2 Å². The normalized spacial score (nSPS) is 10.6. The summed E-state index contributed by atoms with van der Waals surface area (Å²) in [6, 6.07) is 16.3. The zero-order valence-electron chi connectivity index (χ0n) is 14.3. The van der Waals surface area contributed by atoms with Gasteiger partial charge in [-0.2, -0.15) is 0 Å². The molecular weight excluding hydrogens is 286 g/mol. The third-order valence-electron chi connectivity index (χ3n) is 3.52. The SMILES string of the molecule is CCOc1cccc(CNc2ccc(OCCC(C)C)cc2)c1. The lowest BCUT2D eigenvalue weighted by atomic mass is 10.1. The molecule has 2 aromatic rings. The van der Waals surface area contributed by atoms with Crippen molar-refractivity contribution < 1.29 is 9.47 Å². The van der Waals surface area contributed by atoms with Crippen molar-refractivity contribution in [2.24, 2.45) is 5.92 Å². The highest BCUT2D eigenvalue weighted by atomic mass is 16.5. The van der Waals surface area contributed by atoms with Crippen molar-refractivity contribution in [2.45, 2.75) is 33.7 Å². The molecule has 23 heavy (non-hydrogen) atoms. The molecule has 0 fully saturated rings. The van der Waals surface area contributed by atoms with Gasteiger partial charge in [0, 0.05) is 12.2 Å². The maximum absolute atomic E-state index is 5.73. The molecule has 1 N–H and O–H groups in total. The Balaban J connectivity index is 1.82.